The van der Waals surface area contributed by atoms with E-state index < -0.39 is 22.5 Å². The molecule has 0 saturated heterocycles. The molecule has 0 atom stereocenters. The standard InChI is InChI=1S/C16H17NO6S/c1-23-14-6-2-12(3-7-14)10-17(11-16(19)20)24(21,22)15-8-4-13(18)5-9-15/h2-9,18H,10-11H2,1H3,(H,19,20). The van der Waals surface area contributed by atoms with E-state index in [0.717, 1.165) is 4.31 Å². The van der Waals surface area contributed by atoms with E-state index in [9.17, 15) is 18.3 Å². The fourth-order valence-corrected chi connectivity index (χ4v) is 3.46. The van der Waals surface area contributed by atoms with Gasteiger partial charge in [-0.25, -0.2) is 8.42 Å². The van der Waals surface area contributed by atoms with Crippen LogP contribution in [0.4, 0.5) is 0 Å². The van der Waals surface area contributed by atoms with E-state index in [1.54, 1.807) is 24.3 Å². The summed E-state index contributed by atoms with van der Waals surface area (Å²) in [4.78, 5) is 11.0. The minimum Gasteiger partial charge on any atom is -0.508 e. The van der Waals surface area contributed by atoms with Gasteiger partial charge in [0, 0.05) is 6.54 Å². The van der Waals surface area contributed by atoms with Crippen molar-refractivity contribution in [3.8, 4) is 11.5 Å². The first-order chi connectivity index (χ1) is 11.3. The van der Waals surface area contributed by atoms with Crippen LogP contribution in [0.1, 0.15) is 5.56 Å². The zero-order chi connectivity index (χ0) is 17.7. The van der Waals surface area contributed by atoms with Crippen molar-refractivity contribution in [2.24, 2.45) is 0 Å². The van der Waals surface area contributed by atoms with E-state index in [2.05, 4.69) is 0 Å². The van der Waals surface area contributed by atoms with Gasteiger partial charge in [-0.3, -0.25) is 4.79 Å². The number of hydrogen-bond acceptors (Lipinski definition) is 5. The van der Waals surface area contributed by atoms with Crippen molar-refractivity contribution in [1.29, 1.82) is 0 Å². The molecule has 128 valence electrons. The van der Waals surface area contributed by atoms with Crippen molar-refractivity contribution in [1.82, 2.24) is 4.31 Å². The van der Waals surface area contributed by atoms with E-state index in [1.807, 2.05) is 0 Å². The summed E-state index contributed by atoms with van der Waals surface area (Å²) in [6, 6.07) is 11.6. The molecule has 2 rings (SSSR count). The molecule has 8 heteroatoms. The Morgan fingerprint density at radius 3 is 2.17 bits per heavy atom. The molecular weight excluding hydrogens is 334 g/mol. The highest BCUT2D eigenvalue weighted by Gasteiger charge is 2.26. The van der Waals surface area contributed by atoms with Gasteiger partial charge in [0.25, 0.3) is 0 Å². The number of sulfonamides is 1. The third kappa shape index (κ3) is 4.24. The van der Waals surface area contributed by atoms with Crippen molar-refractivity contribution in [3.63, 3.8) is 0 Å². The predicted octanol–water partition coefficient (Wildman–Crippen LogP) is 1.68. The Morgan fingerprint density at radius 2 is 1.67 bits per heavy atom. The number of aliphatic carboxylic acids is 1. The van der Waals surface area contributed by atoms with Crippen LogP contribution in [-0.4, -0.2) is 42.6 Å². The highest BCUT2D eigenvalue weighted by Crippen LogP contribution is 2.21. The molecular formula is C16H17NO6S. The Hall–Kier alpha value is -2.58. The maximum Gasteiger partial charge on any atom is 0.318 e. The first kappa shape index (κ1) is 17.8. The van der Waals surface area contributed by atoms with Gasteiger partial charge in [-0.05, 0) is 42.0 Å². The Labute approximate surface area is 139 Å². The van der Waals surface area contributed by atoms with Crippen LogP contribution < -0.4 is 4.74 Å². The number of carbonyl (C=O) groups is 1. The number of aromatic hydroxyl groups is 1. The molecule has 7 nitrogen and oxygen atoms in total. The highest BCUT2D eigenvalue weighted by molar-refractivity contribution is 7.89. The SMILES string of the molecule is COc1ccc(CN(CC(=O)O)S(=O)(=O)c2ccc(O)cc2)cc1. The molecule has 0 aliphatic rings. The molecule has 0 aliphatic heterocycles. The molecule has 0 saturated carbocycles. The van der Waals surface area contributed by atoms with Crippen LogP contribution >= 0.6 is 0 Å². The monoisotopic (exact) mass is 351 g/mol. The van der Waals surface area contributed by atoms with Crippen LogP contribution in [0.3, 0.4) is 0 Å². The third-order valence-corrected chi connectivity index (χ3v) is 5.11. The summed E-state index contributed by atoms with van der Waals surface area (Å²) in [5.41, 5.74) is 0.624. The summed E-state index contributed by atoms with van der Waals surface area (Å²) >= 11 is 0. The lowest BCUT2D eigenvalue weighted by molar-refractivity contribution is -0.137. The molecule has 2 aromatic carbocycles. The van der Waals surface area contributed by atoms with Gasteiger partial charge in [0.2, 0.25) is 10.0 Å². The number of ether oxygens (including phenoxy) is 1. The summed E-state index contributed by atoms with van der Waals surface area (Å²) < 4.78 is 31.2. The largest absolute Gasteiger partial charge is 0.508 e. The third-order valence-electron chi connectivity index (χ3n) is 3.30. The molecule has 0 spiro atoms. The number of methoxy groups -OCH3 is 1. The van der Waals surface area contributed by atoms with Gasteiger partial charge < -0.3 is 14.9 Å². The maximum atomic E-state index is 12.7. The summed E-state index contributed by atoms with van der Waals surface area (Å²) in [6.45, 7) is -0.769. The number of phenols is 1. The molecule has 2 aromatic rings. The minimum atomic E-state index is -4.02. The first-order valence-electron chi connectivity index (χ1n) is 6.97. The van der Waals surface area contributed by atoms with Crippen molar-refractivity contribution < 1.29 is 28.2 Å². The first-order valence-corrected chi connectivity index (χ1v) is 8.41. The molecule has 0 radical (unpaired) electrons. The summed E-state index contributed by atoms with van der Waals surface area (Å²) in [7, 11) is -2.50. The lowest BCUT2D eigenvalue weighted by atomic mass is 10.2. The number of benzene rings is 2. The number of hydrogen-bond donors (Lipinski definition) is 2. The number of rotatable bonds is 7. The van der Waals surface area contributed by atoms with Gasteiger partial charge in [-0.2, -0.15) is 4.31 Å². The number of nitrogens with zero attached hydrogens (tertiary/aromatic N) is 1. The zero-order valence-electron chi connectivity index (χ0n) is 12.9. The van der Waals surface area contributed by atoms with Crippen LogP contribution in [0.2, 0.25) is 0 Å². The van der Waals surface area contributed by atoms with E-state index in [-0.39, 0.29) is 17.2 Å². The van der Waals surface area contributed by atoms with Gasteiger partial charge in [0.05, 0.1) is 12.0 Å². The molecule has 0 amide bonds. The van der Waals surface area contributed by atoms with Gasteiger partial charge in [-0.15, -0.1) is 0 Å². The lowest BCUT2D eigenvalue weighted by Gasteiger charge is -2.20. The van der Waals surface area contributed by atoms with Crippen molar-refractivity contribution in [3.05, 3.63) is 54.1 Å². The molecule has 0 unspecified atom stereocenters. The van der Waals surface area contributed by atoms with Crippen LogP contribution in [-0.2, 0) is 21.4 Å². The second-order valence-electron chi connectivity index (χ2n) is 5.01. The Kier molecular flexibility index (Phi) is 5.42. The quantitative estimate of drug-likeness (QED) is 0.786. The number of phenolic OH excluding ortho intramolecular Hbond substituents is 1. The minimum absolute atomic E-state index is 0.0751. The van der Waals surface area contributed by atoms with E-state index >= 15 is 0 Å². The molecule has 0 aliphatic carbocycles. The highest BCUT2D eigenvalue weighted by atomic mass is 32.2. The molecule has 2 N–H and O–H groups in total. The van der Waals surface area contributed by atoms with Crippen molar-refractivity contribution >= 4 is 16.0 Å². The van der Waals surface area contributed by atoms with E-state index in [0.29, 0.717) is 11.3 Å². The fourth-order valence-electron chi connectivity index (χ4n) is 2.08. The molecule has 24 heavy (non-hydrogen) atoms. The van der Waals surface area contributed by atoms with Gasteiger partial charge in [0.1, 0.15) is 18.0 Å². The Bertz CT molecular complexity index is 799. The van der Waals surface area contributed by atoms with Gasteiger partial charge in [-0.1, -0.05) is 12.1 Å². The maximum absolute atomic E-state index is 12.7. The Balaban J connectivity index is 2.32. The van der Waals surface area contributed by atoms with Crippen molar-refractivity contribution in [2.45, 2.75) is 11.4 Å². The van der Waals surface area contributed by atoms with E-state index in [4.69, 9.17) is 9.84 Å². The van der Waals surface area contributed by atoms with Crippen molar-refractivity contribution in [2.75, 3.05) is 13.7 Å². The average molecular weight is 351 g/mol. The predicted molar refractivity (Wildman–Crippen MR) is 86.3 cm³/mol. The smallest absolute Gasteiger partial charge is 0.318 e. The second kappa shape index (κ2) is 7.33. The number of carboxylic acid groups (broad SMARTS) is 1. The lowest BCUT2D eigenvalue weighted by Crippen LogP contribution is -2.35. The number of carboxylic acids is 1. The summed E-state index contributed by atoms with van der Waals surface area (Å²) in [5.74, 6) is -0.718. The molecule has 0 heterocycles. The zero-order valence-corrected chi connectivity index (χ0v) is 13.7. The fraction of sp³-hybridized carbons (Fsp3) is 0.188. The molecule has 0 fully saturated rings. The van der Waals surface area contributed by atoms with Crippen LogP contribution in [0, 0.1) is 0 Å². The Morgan fingerprint density at radius 1 is 1.08 bits per heavy atom. The molecule has 0 bridgehead atoms. The van der Waals surface area contributed by atoms with Gasteiger partial charge in [0.15, 0.2) is 0 Å². The topological polar surface area (TPSA) is 104 Å². The van der Waals surface area contributed by atoms with E-state index in [1.165, 1.54) is 31.4 Å². The normalized spacial score (nSPS) is 11.4. The van der Waals surface area contributed by atoms with Crippen LogP contribution in [0.25, 0.3) is 0 Å². The second-order valence-corrected chi connectivity index (χ2v) is 6.95. The van der Waals surface area contributed by atoms with Crippen LogP contribution in [0.15, 0.2) is 53.4 Å². The summed E-state index contributed by atoms with van der Waals surface area (Å²) in [5, 5.41) is 18.3. The van der Waals surface area contributed by atoms with Crippen LogP contribution in [0.5, 0.6) is 11.5 Å². The average Bonchev–Trinajstić information content (AvgIpc) is 2.55. The summed E-state index contributed by atoms with van der Waals surface area (Å²) in [6.07, 6.45) is 0. The molecule has 0 aromatic heterocycles. The van der Waals surface area contributed by atoms with Gasteiger partial charge >= 0.3 is 5.97 Å².